The van der Waals surface area contributed by atoms with Crippen LogP contribution in [0.5, 0.6) is 0 Å². The lowest BCUT2D eigenvalue weighted by Gasteiger charge is -2.19. The number of halogens is 1. The van der Waals surface area contributed by atoms with E-state index in [2.05, 4.69) is 58.0 Å². The van der Waals surface area contributed by atoms with E-state index in [-0.39, 0.29) is 0 Å². The number of rotatable bonds is 9. The van der Waals surface area contributed by atoms with Crippen molar-refractivity contribution in [2.24, 2.45) is 0 Å². The lowest BCUT2D eigenvalue weighted by atomic mass is 10.1. The van der Waals surface area contributed by atoms with Crippen LogP contribution in [0.15, 0.2) is 22.9 Å². The molecule has 19 heavy (non-hydrogen) atoms. The fraction of sp³-hybridized carbons (Fsp3) is 0.667. The van der Waals surface area contributed by atoms with Crippen LogP contribution in [-0.2, 0) is 6.54 Å². The molecule has 0 amide bonds. The van der Waals surface area contributed by atoms with Crippen LogP contribution in [0, 0.1) is 0 Å². The highest BCUT2D eigenvalue weighted by atomic mass is 79.9. The molecule has 0 aliphatic rings. The lowest BCUT2D eigenvalue weighted by Crippen LogP contribution is -2.28. The van der Waals surface area contributed by atoms with E-state index in [0.717, 1.165) is 24.1 Å². The minimum absolute atomic E-state index is 0.551. The van der Waals surface area contributed by atoms with Gasteiger partial charge in [0.05, 0.1) is 0 Å². The summed E-state index contributed by atoms with van der Waals surface area (Å²) >= 11 is 3.45. The fourth-order valence-corrected chi connectivity index (χ4v) is 2.52. The first kappa shape index (κ1) is 16.6. The van der Waals surface area contributed by atoms with Crippen molar-refractivity contribution in [2.75, 3.05) is 19.6 Å². The van der Waals surface area contributed by atoms with E-state index < -0.39 is 0 Å². The van der Waals surface area contributed by atoms with Gasteiger partial charge in [0, 0.05) is 29.5 Å². The van der Waals surface area contributed by atoms with Gasteiger partial charge in [-0.15, -0.1) is 0 Å². The monoisotopic (exact) mass is 327 g/mol. The number of aromatic nitrogens is 1. The van der Waals surface area contributed by atoms with Gasteiger partial charge in [0.2, 0.25) is 0 Å². The molecule has 0 radical (unpaired) electrons. The second kappa shape index (κ2) is 9.45. The van der Waals surface area contributed by atoms with Gasteiger partial charge in [0.15, 0.2) is 0 Å². The highest BCUT2D eigenvalue weighted by molar-refractivity contribution is 9.10. The third-order valence-corrected chi connectivity index (χ3v) is 3.86. The zero-order valence-electron chi connectivity index (χ0n) is 12.3. The third kappa shape index (κ3) is 7.04. The summed E-state index contributed by atoms with van der Waals surface area (Å²) in [4.78, 5) is 6.65. The van der Waals surface area contributed by atoms with Crippen molar-refractivity contribution < 1.29 is 0 Å². The first-order valence-corrected chi connectivity index (χ1v) is 8.00. The van der Waals surface area contributed by atoms with Crippen LogP contribution in [-0.4, -0.2) is 35.6 Å². The SMILES string of the molecule is CCN(CC)CCCC(C)NCc1cncc(Br)c1. The summed E-state index contributed by atoms with van der Waals surface area (Å²) in [7, 11) is 0. The van der Waals surface area contributed by atoms with Gasteiger partial charge >= 0.3 is 0 Å². The highest BCUT2D eigenvalue weighted by Crippen LogP contribution is 2.09. The number of nitrogens with one attached hydrogen (secondary N) is 1. The van der Waals surface area contributed by atoms with Gasteiger partial charge < -0.3 is 10.2 Å². The first-order chi connectivity index (χ1) is 9.15. The second-order valence-corrected chi connectivity index (χ2v) is 5.88. The molecule has 0 aromatic carbocycles. The van der Waals surface area contributed by atoms with Gasteiger partial charge in [0.1, 0.15) is 0 Å². The van der Waals surface area contributed by atoms with Gasteiger partial charge in [-0.1, -0.05) is 13.8 Å². The van der Waals surface area contributed by atoms with Crippen LogP contribution in [0.2, 0.25) is 0 Å². The van der Waals surface area contributed by atoms with Gasteiger partial charge in [-0.05, 0) is 67.0 Å². The third-order valence-electron chi connectivity index (χ3n) is 3.42. The van der Waals surface area contributed by atoms with Crippen molar-refractivity contribution in [3.63, 3.8) is 0 Å². The predicted molar refractivity (Wildman–Crippen MR) is 85.3 cm³/mol. The van der Waals surface area contributed by atoms with Gasteiger partial charge in [-0.2, -0.15) is 0 Å². The summed E-state index contributed by atoms with van der Waals surface area (Å²) in [5, 5.41) is 3.56. The van der Waals surface area contributed by atoms with Crippen molar-refractivity contribution in [3.8, 4) is 0 Å². The minimum Gasteiger partial charge on any atom is -0.310 e. The van der Waals surface area contributed by atoms with Crippen LogP contribution >= 0.6 is 15.9 Å². The molecule has 0 saturated carbocycles. The number of nitrogens with zero attached hydrogens (tertiary/aromatic N) is 2. The topological polar surface area (TPSA) is 28.2 Å². The molecule has 1 atom stereocenters. The Kier molecular flexibility index (Phi) is 8.26. The Bertz CT molecular complexity index is 353. The van der Waals surface area contributed by atoms with E-state index >= 15 is 0 Å². The van der Waals surface area contributed by atoms with Crippen molar-refractivity contribution in [1.82, 2.24) is 15.2 Å². The molecule has 0 aliphatic heterocycles. The molecule has 0 fully saturated rings. The van der Waals surface area contributed by atoms with Crippen molar-refractivity contribution in [2.45, 2.75) is 46.2 Å². The molecule has 3 nitrogen and oxygen atoms in total. The van der Waals surface area contributed by atoms with Crippen molar-refractivity contribution in [3.05, 3.63) is 28.5 Å². The number of hydrogen-bond donors (Lipinski definition) is 1. The predicted octanol–water partition coefficient (Wildman–Crippen LogP) is 3.44. The molecular weight excluding hydrogens is 302 g/mol. The molecule has 0 bridgehead atoms. The Morgan fingerprint density at radius 1 is 1.32 bits per heavy atom. The van der Waals surface area contributed by atoms with E-state index in [1.54, 1.807) is 0 Å². The average Bonchev–Trinajstić information content (AvgIpc) is 2.41. The van der Waals surface area contributed by atoms with Gasteiger partial charge in [-0.25, -0.2) is 0 Å². The zero-order valence-corrected chi connectivity index (χ0v) is 13.9. The molecule has 108 valence electrons. The Morgan fingerprint density at radius 2 is 2.05 bits per heavy atom. The fourth-order valence-electron chi connectivity index (χ4n) is 2.11. The summed E-state index contributed by atoms with van der Waals surface area (Å²) in [6, 6.07) is 2.66. The standard InChI is InChI=1S/C15H26BrN3/c1-4-19(5-2)8-6-7-13(3)18-11-14-9-15(16)12-17-10-14/h9-10,12-13,18H,4-8,11H2,1-3H3. The maximum Gasteiger partial charge on any atom is 0.0410 e. The quantitative estimate of drug-likeness (QED) is 0.753. The molecule has 1 N–H and O–H groups in total. The van der Waals surface area contributed by atoms with E-state index in [4.69, 9.17) is 0 Å². The van der Waals surface area contributed by atoms with Crippen LogP contribution < -0.4 is 5.32 Å². The minimum atomic E-state index is 0.551. The number of hydrogen-bond acceptors (Lipinski definition) is 3. The van der Waals surface area contributed by atoms with Gasteiger partial charge in [0.25, 0.3) is 0 Å². The van der Waals surface area contributed by atoms with Crippen molar-refractivity contribution in [1.29, 1.82) is 0 Å². The van der Waals surface area contributed by atoms with E-state index in [1.807, 2.05) is 12.4 Å². The maximum atomic E-state index is 4.18. The normalized spacial score (nSPS) is 12.9. The average molecular weight is 328 g/mol. The molecule has 0 aliphatic carbocycles. The molecule has 1 rings (SSSR count). The Balaban J connectivity index is 2.19. The summed E-state index contributed by atoms with van der Waals surface area (Å²) < 4.78 is 1.04. The Morgan fingerprint density at radius 3 is 2.68 bits per heavy atom. The first-order valence-electron chi connectivity index (χ1n) is 7.20. The molecule has 1 aromatic heterocycles. The smallest absolute Gasteiger partial charge is 0.0410 e. The van der Waals surface area contributed by atoms with E-state index in [1.165, 1.54) is 24.9 Å². The molecular formula is C15H26BrN3. The van der Waals surface area contributed by atoms with E-state index in [9.17, 15) is 0 Å². The number of pyridine rings is 1. The Labute approximate surface area is 125 Å². The van der Waals surface area contributed by atoms with Crippen LogP contribution in [0.1, 0.15) is 39.2 Å². The van der Waals surface area contributed by atoms with Crippen LogP contribution in [0.25, 0.3) is 0 Å². The van der Waals surface area contributed by atoms with Crippen molar-refractivity contribution >= 4 is 15.9 Å². The molecule has 1 unspecified atom stereocenters. The van der Waals surface area contributed by atoms with Gasteiger partial charge in [-0.3, -0.25) is 4.98 Å². The molecule has 0 spiro atoms. The Hall–Kier alpha value is -0.450. The summed E-state index contributed by atoms with van der Waals surface area (Å²) in [5.41, 5.74) is 1.23. The zero-order chi connectivity index (χ0) is 14.1. The second-order valence-electron chi connectivity index (χ2n) is 4.96. The molecule has 1 heterocycles. The van der Waals surface area contributed by atoms with Crippen LogP contribution in [0.3, 0.4) is 0 Å². The molecule has 0 saturated heterocycles. The van der Waals surface area contributed by atoms with E-state index in [0.29, 0.717) is 6.04 Å². The lowest BCUT2D eigenvalue weighted by molar-refractivity contribution is 0.290. The highest BCUT2D eigenvalue weighted by Gasteiger charge is 2.04. The summed E-state index contributed by atoms with van der Waals surface area (Å²) in [6.45, 7) is 11.1. The maximum absolute atomic E-state index is 4.18. The van der Waals surface area contributed by atoms with Crippen LogP contribution in [0.4, 0.5) is 0 Å². The molecule has 1 aromatic rings. The summed E-state index contributed by atoms with van der Waals surface area (Å²) in [5.74, 6) is 0. The summed E-state index contributed by atoms with van der Waals surface area (Å²) in [6.07, 6.45) is 6.21. The largest absolute Gasteiger partial charge is 0.310 e. The molecule has 4 heteroatoms.